The Morgan fingerprint density at radius 1 is 1.21 bits per heavy atom. The van der Waals surface area contributed by atoms with Crippen molar-refractivity contribution in [2.75, 3.05) is 24.5 Å². The molecule has 0 saturated carbocycles. The number of anilines is 1. The molecule has 4 fully saturated rings. The van der Waals surface area contributed by atoms with Crippen molar-refractivity contribution in [2.45, 2.75) is 50.6 Å². The number of amides is 2. The van der Waals surface area contributed by atoms with Crippen LogP contribution in [0.4, 0.5) is 5.69 Å². The molecule has 0 aliphatic carbocycles. The maximum Gasteiger partial charge on any atom is 0.294 e. The van der Waals surface area contributed by atoms with Gasteiger partial charge in [-0.2, -0.15) is 0 Å². The number of carbonyl (C=O) groups is 2. The first-order valence-corrected chi connectivity index (χ1v) is 11.7. The highest BCUT2D eigenvalue weighted by atomic mass is 16.2. The number of piperidine rings is 2. The number of nitrogens with one attached hydrogen (secondary N) is 1. The quantitative estimate of drug-likeness (QED) is 0.670. The van der Waals surface area contributed by atoms with Gasteiger partial charge in [-0.25, -0.2) is 9.50 Å². The van der Waals surface area contributed by atoms with Crippen LogP contribution in [-0.4, -0.2) is 63.0 Å². The lowest BCUT2D eigenvalue weighted by atomic mass is 9.82. The van der Waals surface area contributed by atoms with Crippen molar-refractivity contribution in [1.82, 2.24) is 24.8 Å². The molecule has 170 valence electrons. The molecule has 2 unspecified atom stereocenters. The van der Waals surface area contributed by atoms with E-state index in [-0.39, 0.29) is 29.1 Å². The molecule has 1 aromatic carbocycles. The molecule has 3 atom stereocenters. The van der Waals surface area contributed by atoms with Gasteiger partial charge in [0.05, 0.1) is 11.9 Å². The summed E-state index contributed by atoms with van der Waals surface area (Å²) in [5.74, 6) is -0.170. The molecule has 0 spiro atoms. The summed E-state index contributed by atoms with van der Waals surface area (Å²) in [5.41, 5.74) is 4.20. The zero-order valence-corrected chi connectivity index (χ0v) is 19.0. The van der Waals surface area contributed by atoms with E-state index in [1.54, 1.807) is 9.42 Å². The number of carbonyl (C=O) groups excluding carboxylic acids is 2. The lowest BCUT2D eigenvalue weighted by Gasteiger charge is -2.44. The standard InChI is InChI=1S/C25H28N6O2/c1-16-12-19(29-11-10-25(2,15-29)17-6-4-3-5-7-17)14-31-22(16)27-21(28-31)24(33)30-13-18-8-9-20(30)23(32)26-18/h3-7,12,14,18,20H,8-11,13,15H2,1-2H3,(H,26,32)/t18?,20?,25-/m0/s1. The largest absolute Gasteiger partial charge is 0.369 e. The van der Waals surface area contributed by atoms with Crippen LogP contribution in [0.3, 0.4) is 0 Å². The monoisotopic (exact) mass is 444 g/mol. The molecule has 33 heavy (non-hydrogen) atoms. The number of aromatic nitrogens is 3. The zero-order valence-electron chi connectivity index (χ0n) is 19.0. The summed E-state index contributed by atoms with van der Waals surface area (Å²) in [6, 6.07) is 12.4. The number of piperazine rings is 1. The van der Waals surface area contributed by atoms with E-state index in [4.69, 9.17) is 0 Å². The number of rotatable bonds is 3. The number of nitrogens with zero attached hydrogens (tertiary/aromatic N) is 5. The molecule has 4 aliphatic heterocycles. The molecular formula is C25H28N6O2. The first-order valence-electron chi connectivity index (χ1n) is 11.7. The molecule has 0 radical (unpaired) electrons. The van der Waals surface area contributed by atoms with Gasteiger partial charge in [0.25, 0.3) is 5.91 Å². The van der Waals surface area contributed by atoms with Gasteiger partial charge in [-0.3, -0.25) is 9.59 Å². The third-order valence-electron chi connectivity index (χ3n) is 7.60. The van der Waals surface area contributed by atoms with Crippen LogP contribution in [0.2, 0.25) is 0 Å². The highest BCUT2D eigenvalue weighted by Crippen LogP contribution is 2.36. The van der Waals surface area contributed by atoms with Crippen molar-refractivity contribution in [1.29, 1.82) is 0 Å². The Hall–Kier alpha value is -3.42. The fourth-order valence-corrected chi connectivity index (χ4v) is 5.66. The molecule has 4 saturated heterocycles. The fourth-order valence-electron chi connectivity index (χ4n) is 5.66. The number of hydrogen-bond donors (Lipinski definition) is 1. The molecular weight excluding hydrogens is 416 g/mol. The van der Waals surface area contributed by atoms with Gasteiger partial charge in [-0.15, -0.1) is 5.10 Å². The van der Waals surface area contributed by atoms with Crippen LogP contribution in [0.15, 0.2) is 42.6 Å². The average molecular weight is 445 g/mol. The summed E-state index contributed by atoms with van der Waals surface area (Å²) in [6.07, 6.45) is 4.67. The average Bonchev–Trinajstić information content (AvgIpc) is 3.44. The summed E-state index contributed by atoms with van der Waals surface area (Å²) < 4.78 is 1.72. The van der Waals surface area contributed by atoms with Crippen LogP contribution in [-0.2, 0) is 10.2 Å². The van der Waals surface area contributed by atoms with E-state index in [1.807, 2.05) is 13.1 Å². The minimum Gasteiger partial charge on any atom is -0.369 e. The molecule has 1 N–H and O–H groups in total. The Labute approximate surface area is 192 Å². The van der Waals surface area contributed by atoms with Gasteiger partial charge >= 0.3 is 0 Å². The Bertz CT molecular complexity index is 1250. The van der Waals surface area contributed by atoms with Gasteiger partial charge in [0.2, 0.25) is 11.7 Å². The second-order valence-corrected chi connectivity index (χ2v) is 9.94. The van der Waals surface area contributed by atoms with E-state index < -0.39 is 6.04 Å². The highest BCUT2D eigenvalue weighted by Gasteiger charge is 2.43. The van der Waals surface area contributed by atoms with E-state index in [1.165, 1.54) is 5.56 Å². The van der Waals surface area contributed by atoms with E-state index in [9.17, 15) is 9.59 Å². The Kier molecular flexibility index (Phi) is 4.47. The fraction of sp³-hybridized carbons (Fsp3) is 0.440. The van der Waals surface area contributed by atoms with Crippen molar-refractivity contribution >= 4 is 23.1 Å². The van der Waals surface area contributed by atoms with Gasteiger partial charge in [0.1, 0.15) is 6.04 Å². The maximum absolute atomic E-state index is 13.2. The number of benzene rings is 1. The highest BCUT2D eigenvalue weighted by molar-refractivity contribution is 5.96. The van der Waals surface area contributed by atoms with Crippen LogP contribution in [0.25, 0.3) is 5.65 Å². The minimum atomic E-state index is -0.411. The SMILES string of the molecule is Cc1cc(N2CC[C@](C)(c3ccccc3)C2)cn2nc(C(=O)N3CC4CCC3C(=O)N4)nc12. The topological polar surface area (TPSA) is 82.8 Å². The van der Waals surface area contributed by atoms with E-state index >= 15 is 0 Å². The number of fused-ring (bicyclic) bond motifs is 4. The first-order chi connectivity index (χ1) is 15.9. The molecule has 3 aromatic rings. The molecule has 2 amide bonds. The molecule has 6 heterocycles. The summed E-state index contributed by atoms with van der Waals surface area (Å²) in [6.45, 7) is 6.74. The van der Waals surface area contributed by atoms with Crippen LogP contribution < -0.4 is 10.2 Å². The van der Waals surface area contributed by atoms with Gasteiger partial charge in [-0.1, -0.05) is 37.3 Å². The first kappa shape index (κ1) is 20.2. The van der Waals surface area contributed by atoms with Crippen LogP contribution >= 0.6 is 0 Å². The van der Waals surface area contributed by atoms with Crippen molar-refractivity contribution in [3.8, 4) is 0 Å². The number of hydrogen-bond acceptors (Lipinski definition) is 5. The molecule has 2 bridgehead atoms. The summed E-state index contributed by atoms with van der Waals surface area (Å²) in [5, 5.41) is 7.50. The minimum absolute atomic E-state index is 0.0333. The molecule has 7 rings (SSSR count). The lowest BCUT2D eigenvalue weighted by molar-refractivity contribution is -0.132. The third kappa shape index (κ3) is 3.27. The maximum atomic E-state index is 13.2. The summed E-state index contributed by atoms with van der Waals surface area (Å²) in [4.78, 5) is 34.0. The lowest BCUT2D eigenvalue weighted by Crippen LogP contribution is -2.65. The molecule has 8 nitrogen and oxygen atoms in total. The Morgan fingerprint density at radius 3 is 2.79 bits per heavy atom. The second-order valence-electron chi connectivity index (χ2n) is 9.94. The number of aryl methyl sites for hydroxylation is 1. The van der Waals surface area contributed by atoms with Gasteiger partial charge < -0.3 is 15.1 Å². The zero-order chi connectivity index (χ0) is 22.7. The van der Waals surface area contributed by atoms with E-state index in [2.05, 4.69) is 63.6 Å². The molecule has 2 aromatic heterocycles. The van der Waals surface area contributed by atoms with Gasteiger partial charge in [0, 0.05) is 31.1 Å². The van der Waals surface area contributed by atoms with Crippen LogP contribution in [0.5, 0.6) is 0 Å². The van der Waals surface area contributed by atoms with Crippen molar-refractivity contribution < 1.29 is 9.59 Å². The number of pyridine rings is 1. The Morgan fingerprint density at radius 2 is 2.03 bits per heavy atom. The molecule has 4 aliphatic rings. The van der Waals surface area contributed by atoms with Crippen molar-refractivity contribution in [3.63, 3.8) is 0 Å². The Balaban J connectivity index is 1.28. The van der Waals surface area contributed by atoms with E-state index in [0.29, 0.717) is 18.6 Å². The summed E-state index contributed by atoms with van der Waals surface area (Å²) in [7, 11) is 0. The molecule has 8 heteroatoms. The normalized spacial score (nSPS) is 26.8. The van der Waals surface area contributed by atoms with E-state index in [0.717, 1.165) is 37.2 Å². The third-order valence-corrected chi connectivity index (χ3v) is 7.60. The summed E-state index contributed by atoms with van der Waals surface area (Å²) >= 11 is 0. The smallest absolute Gasteiger partial charge is 0.294 e. The predicted molar refractivity (Wildman–Crippen MR) is 124 cm³/mol. The van der Waals surface area contributed by atoms with Crippen molar-refractivity contribution in [2.24, 2.45) is 0 Å². The van der Waals surface area contributed by atoms with Gasteiger partial charge in [-0.05, 0) is 43.4 Å². The van der Waals surface area contributed by atoms with Crippen molar-refractivity contribution in [3.05, 3.63) is 59.5 Å². The second kappa shape index (κ2) is 7.30. The van der Waals surface area contributed by atoms with Gasteiger partial charge in [0.15, 0.2) is 5.65 Å². The predicted octanol–water partition coefficient (Wildman–Crippen LogP) is 2.31. The van der Waals surface area contributed by atoms with Crippen LogP contribution in [0.1, 0.15) is 47.9 Å². The van der Waals surface area contributed by atoms with Crippen LogP contribution in [0, 0.1) is 6.92 Å².